The molecule has 0 aliphatic carbocycles. The Hall–Kier alpha value is -2.77. The molecule has 0 bridgehead atoms. The van der Waals surface area contributed by atoms with Crippen LogP contribution in [-0.4, -0.2) is 28.5 Å². The van der Waals surface area contributed by atoms with Crippen LogP contribution in [0.2, 0.25) is 0 Å². The molecule has 1 aromatic carbocycles. The maximum Gasteiger partial charge on any atom is 0.303 e. The maximum atomic E-state index is 13.6. The fourth-order valence-electron chi connectivity index (χ4n) is 2.07. The molecule has 1 aromatic heterocycles. The number of oxazole rings is 1. The number of amides is 1. The molecular weight excluding hydrogens is 322 g/mol. The van der Waals surface area contributed by atoms with Gasteiger partial charge in [-0.15, -0.1) is 0 Å². The molecule has 0 aliphatic heterocycles. The van der Waals surface area contributed by atoms with Crippen molar-refractivity contribution in [1.82, 2.24) is 10.3 Å². The lowest BCUT2D eigenvalue weighted by Gasteiger charge is -2.02. The molecule has 2 aromatic rings. The van der Waals surface area contributed by atoms with Crippen molar-refractivity contribution in [2.75, 3.05) is 6.54 Å². The number of aliphatic carboxylic acids is 1. The number of carbonyl (C=O) groups is 2. The van der Waals surface area contributed by atoms with Gasteiger partial charge in [-0.1, -0.05) is 12.5 Å². The summed E-state index contributed by atoms with van der Waals surface area (Å²) >= 11 is 0. The first-order valence-electron chi connectivity index (χ1n) is 7.39. The zero-order valence-electron chi connectivity index (χ0n) is 12.7. The molecule has 0 spiro atoms. The number of carbonyl (C=O) groups excluding carboxylic acids is 1. The van der Waals surface area contributed by atoms with Crippen molar-refractivity contribution in [1.29, 1.82) is 0 Å². The Kier molecular flexibility index (Phi) is 6.00. The third kappa shape index (κ3) is 4.61. The summed E-state index contributed by atoms with van der Waals surface area (Å²) in [5.74, 6) is -3.35. The number of hydrogen-bond donors (Lipinski definition) is 2. The van der Waals surface area contributed by atoms with Crippen molar-refractivity contribution in [2.45, 2.75) is 25.7 Å². The van der Waals surface area contributed by atoms with Gasteiger partial charge < -0.3 is 14.8 Å². The summed E-state index contributed by atoms with van der Waals surface area (Å²) < 4.78 is 32.3. The van der Waals surface area contributed by atoms with Gasteiger partial charge in [0.05, 0.1) is 0 Å². The van der Waals surface area contributed by atoms with Crippen LogP contribution in [0, 0.1) is 11.6 Å². The maximum absolute atomic E-state index is 13.6. The van der Waals surface area contributed by atoms with Crippen molar-refractivity contribution in [3.63, 3.8) is 0 Å². The molecule has 6 nitrogen and oxygen atoms in total. The van der Waals surface area contributed by atoms with Crippen molar-refractivity contribution >= 4 is 11.9 Å². The monoisotopic (exact) mass is 338 g/mol. The zero-order chi connectivity index (χ0) is 17.5. The molecule has 0 radical (unpaired) electrons. The van der Waals surface area contributed by atoms with Gasteiger partial charge in [0.2, 0.25) is 5.89 Å². The topological polar surface area (TPSA) is 92.4 Å². The largest absolute Gasteiger partial charge is 0.481 e. The SMILES string of the molecule is O=C(O)CCCCCNC(=O)c1coc(-c2c(F)cccc2F)n1. The van der Waals surface area contributed by atoms with E-state index in [1.807, 2.05) is 0 Å². The van der Waals surface area contributed by atoms with Crippen LogP contribution in [0.4, 0.5) is 8.78 Å². The first kappa shape index (κ1) is 17.6. The summed E-state index contributed by atoms with van der Waals surface area (Å²) in [6.45, 7) is 0.342. The highest BCUT2D eigenvalue weighted by molar-refractivity contribution is 5.92. The second-order valence-electron chi connectivity index (χ2n) is 5.09. The van der Waals surface area contributed by atoms with Gasteiger partial charge in [-0.25, -0.2) is 13.8 Å². The number of carboxylic acid groups (broad SMARTS) is 1. The van der Waals surface area contributed by atoms with E-state index >= 15 is 0 Å². The number of hydrogen-bond acceptors (Lipinski definition) is 4. The van der Waals surface area contributed by atoms with E-state index in [1.165, 1.54) is 6.07 Å². The molecule has 0 saturated heterocycles. The van der Waals surface area contributed by atoms with E-state index in [0.717, 1.165) is 18.4 Å². The van der Waals surface area contributed by atoms with Gasteiger partial charge in [-0.05, 0) is 25.0 Å². The van der Waals surface area contributed by atoms with Crippen LogP contribution in [0.15, 0.2) is 28.9 Å². The van der Waals surface area contributed by atoms with Crippen molar-refractivity contribution < 1.29 is 27.9 Å². The molecule has 1 heterocycles. The summed E-state index contributed by atoms with van der Waals surface area (Å²) in [5.41, 5.74) is -0.511. The van der Waals surface area contributed by atoms with Crippen LogP contribution >= 0.6 is 0 Å². The molecular formula is C16H16F2N2O4. The van der Waals surface area contributed by atoms with Crippen LogP contribution in [0.1, 0.15) is 36.2 Å². The summed E-state index contributed by atoms with van der Waals surface area (Å²) in [5, 5.41) is 11.1. The third-order valence-electron chi connectivity index (χ3n) is 3.27. The molecule has 1 amide bonds. The van der Waals surface area contributed by atoms with Gasteiger partial charge in [0.1, 0.15) is 23.5 Å². The molecule has 128 valence electrons. The number of halogens is 2. The van der Waals surface area contributed by atoms with Gasteiger partial charge in [0, 0.05) is 13.0 Å². The van der Waals surface area contributed by atoms with Crippen LogP contribution in [0.25, 0.3) is 11.5 Å². The standard InChI is InChI=1S/C16H16F2N2O4/c17-10-5-4-6-11(18)14(10)16-20-12(9-24-16)15(23)19-8-3-1-2-7-13(21)22/h4-6,9H,1-3,7-8H2,(H,19,23)(H,21,22). The Morgan fingerprint density at radius 3 is 2.54 bits per heavy atom. The average molecular weight is 338 g/mol. The lowest BCUT2D eigenvalue weighted by Crippen LogP contribution is -2.24. The first-order chi connectivity index (χ1) is 11.5. The molecule has 0 aliphatic rings. The molecule has 24 heavy (non-hydrogen) atoms. The molecule has 0 unspecified atom stereocenters. The zero-order valence-corrected chi connectivity index (χ0v) is 12.7. The van der Waals surface area contributed by atoms with Crippen molar-refractivity contribution in [3.8, 4) is 11.5 Å². The Morgan fingerprint density at radius 2 is 1.88 bits per heavy atom. The van der Waals surface area contributed by atoms with Crippen molar-refractivity contribution in [3.05, 3.63) is 41.8 Å². The van der Waals surface area contributed by atoms with Gasteiger partial charge in [0.25, 0.3) is 5.91 Å². The van der Waals surface area contributed by atoms with E-state index < -0.39 is 29.1 Å². The highest BCUT2D eigenvalue weighted by atomic mass is 19.1. The molecule has 0 atom stereocenters. The predicted octanol–water partition coefficient (Wildman–Crippen LogP) is 2.99. The molecule has 0 fully saturated rings. The van der Waals surface area contributed by atoms with Crippen molar-refractivity contribution in [2.24, 2.45) is 0 Å². The Bertz CT molecular complexity index is 710. The Morgan fingerprint density at radius 1 is 1.17 bits per heavy atom. The van der Waals surface area contributed by atoms with E-state index in [2.05, 4.69) is 10.3 Å². The van der Waals surface area contributed by atoms with Gasteiger partial charge in [-0.3, -0.25) is 9.59 Å². The first-order valence-corrected chi connectivity index (χ1v) is 7.39. The smallest absolute Gasteiger partial charge is 0.303 e. The van der Waals surface area contributed by atoms with Crippen LogP contribution < -0.4 is 5.32 Å². The summed E-state index contributed by atoms with van der Waals surface area (Å²) in [4.78, 5) is 26.0. The minimum atomic E-state index is -0.852. The number of unbranched alkanes of at least 4 members (excludes halogenated alkanes) is 2. The van der Waals surface area contributed by atoms with E-state index in [-0.39, 0.29) is 18.0 Å². The van der Waals surface area contributed by atoms with Gasteiger partial charge in [-0.2, -0.15) is 0 Å². The molecule has 2 rings (SSSR count). The average Bonchev–Trinajstić information content (AvgIpc) is 2.99. The molecule has 8 heteroatoms. The minimum absolute atomic E-state index is 0.0850. The number of carboxylic acids is 1. The van der Waals surface area contributed by atoms with E-state index in [1.54, 1.807) is 0 Å². The Balaban J connectivity index is 1.89. The number of rotatable bonds is 8. The molecule has 2 N–H and O–H groups in total. The number of aromatic nitrogens is 1. The van der Waals surface area contributed by atoms with Gasteiger partial charge in [0.15, 0.2) is 5.69 Å². The highest BCUT2D eigenvalue weighted by Gasteiger charge is 2.19. The second-order valence-corrected chi connectivity index (χ2v) is 5.09. The normalized spacial score (nSPS) is 10.6. The fraction of sp³-hybridized carbons (Fsp3) is 0.312. The lowest BCUT2D eigenvalue weighted by atomic mass is 10.2. The van der Waals surface area contributed by atoms with E-state index in [0.29, 0.717) is 25.8 Å². The number of nitrogens with one attached hydrogen (secondary N) is 1. The van der Waals surface area contributed by atoms with E-state index in [9.17, 15) is 18.4 Å². The number of nitrogens with zero attached hydrogens (tertiary/aromatic N) is 1. The predicted molar refractivity (Wildman–Crippen MR) is 80.3 cm³/mol. The third-order valence-corrected chi connectivity index (χ3v) is 3.27. The summed E-state index contributed by atoms with van der Waals surface area (Å²) in [6, 6.07) is 3.36. The quantitative estimate of drug-likeness (QED) is 0.722. The Labute approximate surface area is 136 Å². The summed E-state index contributed by atoms with van der Waals surface area (Å²) in [7, 11) is 0. The van der Waals surface area contributed by atoms with Crippen LogP contribution in [0.5, 0.6) is 0 Å². The molecule has 0 saturated carbocycles. The summed E-state index contributed by atoms with van der Waals surface area (Å²) in [6.07, 6.45) is 2.93. The lowest BCUT2D eigenvalue weighted by molar-refractivity contribution is -0.137. The van der Waals surface area contributed by atoms with Crippen LogP contribution in [0.3, 0.4) is 0 Å². The van der Waals surface area contributed by atoms with Gasteiger partial charge >= 0.3 is 5.97 Å². The minimum Gasteiger partial charge on any atom is -0.481 e. The second kappa shape index (κ2) is 8.19. The fourth-order valence-corrected chi connectivity index (χ4v) is 2.07. The number of benzene rings is 1. The van der Waals surface area contributed by atoms with E-state index in [4.69, 9.17) is 9.52 Å². The highest BCUT2D eigenvalue weighted by Crippen LogP contribution is 2.25. The van der Waals surface area contributed by atoms with Crippen LogP contribution in [-0.2, 0) is 4.79 Å².